The summed E-state index contributed by atoms with van der Waals surface area (Å²) < 4.78 is 29.3. The van der Waals surface area contributed by atoms with Crippen molar-refractivity contribution in [2.24, 2.45) is 0 Å². The average Bonchev–Trinajstić information content (AvgIpc) is 2.15. The molecule has 0 aliphatic rings. The van der Waals surface area contributed by atoms with E-state index in [0.29, 0.717) is 0 Å². The Balaban J connectivity index is 3.10. The molecule has 0 fully saturated rings. The molecule has 88 valence electrons. The molecular weight excluding hydrogens is 335 g/mol. The quantitative estimate of drug-likeness (QED) is 0.516. The van der Waals surface area contributed by atoms with E-state index >= 15 is 0 Å². The van der Waals surface area contributed by atoms with Crippen LogP contribution in [0.4, 0.5) is 8.78 Å². The maximum atomic E-state index is 12.4. The number of rotatable bonds is 3. The number of methoxy groups -OCH3 is 1. The van der Waals surface area contributed by atoms with Gasteiger partial charge in [-0.05, 0) is 22.6 Å². The molecule has 1 N–H and O–H groups in total. The van der Waals surface area contributed by atoms with Crippen LogP contribution >= 0.6 is 22.6 Å². The highest BCUT2D eigenvalue weighted by Gasteiger charge is 2.17. The molecule has 0 aliphatic carbocycles. The van der Waals surface area contributed by atoms with E-state index in [9.17, 15) is 18.4 Å². The summed E-state index contributed by atoms with van der Waals surface area (Å²) in [5, 5.41) is 0. The van der Waals surface area contributed by atoms with Crippen LogP contribution in [-0.2, 0) is 16.0 Å². The zero-order valence-electron chi connectivity index (χ0n) is 8.22. The van der Waals surface area contributed by atoms with Crippen molar-refractivity contribution in [3.8, 4) is 0 Å². The van der Waals surface area contributed by atoms with Crippen molar-refractivity contribution < 1.29 is 18.3 Å². The maximum Gasteiger partial charge on any atom is 0.311 e. The van der Waals surface area contributed by atoms with Crippen LogP contribution < -0.4 is 5.43 Å². The van der Waals surface area contributed by atoms with E-state index in [-0.39, 0.29) is 15.8 Å². The summed E-state index contributed by atoms with van der Waals surface area (Å²) in [5.41, 5.74) is -1.10. The monoisotopic (exact) mass is 343 g/mol. The number of carbonyl (C=O) groups excluding carboxylic acids is 1. The Morgan fingerprint density at radius 3 is 2.69 bits per heavy atom. The third-order valence-corrected chi connectivity index (χ3v) is 2.71. The molecule has 0 unspecified atom stereocenters. The van der Waals surface area contributed by atoms with E-state index in [1.807, 2.05) is 0 Å². The number of ether oxygens (including phenoxy) is 1. The zero-order chi connectivity index (χ0) is 12.3. The van der Waals surface area contributed by atoms with Crippen molar-refractivity contribution >= 4 is 28.6 Å². The lowest BCUT2D eigenvalue weighted by atomic mass is 10.2. The molecule has 4 nitrogen and oxygen atoms in total. The van der Waals surface area contributed by atoms with E-state index in [1.54, 1.807) is 22.6 Å². The average molecular weight is 343 g/mol. The number of alkyl halides is 2. The number of aromatic nitrogens is 1. The molecule has 0 spiro atoms. The first kappa shape index (κ1) is 13.1. The van der Waals surface area contributed by atoms with E-state index in [4.69, 9.17) is 0 Å². The number of hydrogen-bond donors (Lipinski definition) is 1. The van der Waals surface area contributed by atoms with Gasteiger partial charge >= 0.3 is 5.97 Å². The van der Waals surface area contributed by atoms with Crippen LogP contribution in [-0.4, -0.2) is 18.1 Å². The summed E-state index contributed by atoms with van der Waals surface area (Å²) in [6, 6.07) is 0.987. The Kier molecular flexibility index (Phi) is 4.39. The normalized spacial score (nSPS) is 10.6. The molecule has 1 aromatic rings. The maximum absolute atomic E-state index is 12.4. The Hall–Kier alpha value is -0.990. The van der Waals surface area contributed by atoms with Gasteiger partial charge in [-0.3, -0.25) is 9.59 Å². The van der Waals surface area contributed by atoms with Crippen LogP contribution in [0.25, 0.3) is 0 Å². The van der Waals surface area contributed by atoms with Crippen molar-refractivity contribution in [3.05, 3.63) is 31.2 Å². The van der Waals surface area contributed by atoms with Crippen LogP contribution in [0, 0.1) is 3.70 Å². The van der Waals surface area contributed by atoms with Gasteiger partial charge in [0.15, 0.2) is 5.43 Å². The second-order valence-corrected chi connectivity index (χ2v) is 4.02. The van der Waals surface area contributed by atoms with Crippen LogP contribution in [0.5, 0.6) is 0 Å². The Morgan fingerprint density at radius 2 is 2.25 bits per heavy atom. The highest BCUT2D eigenvalue weighted by molar-refractivity contribution is 14.1. The van der Waals surface area contributed by atoms with Gasteiger partial charge in [0.25, 0.3) is 6.43 Å². The molecule has 0 atom stereocenters. The molecule has 1 rings (SSSR count). The minimum Gasteiger partial charge on any atom is -0.469 e. The number of H-pyrrole nitrogens is 1. The smallest absolute Gasteiger partial charge is 0.311 e. The molecule has 1 heterocycles. The van der Waals surface area contributed by atoms with E-state index in [2.05, 4.69) is 9.72 Å². The van der Waals surface area contributed by atoms with Crippen LogP contribution in [0.15, 0.2) is 10.9 Å². The molecule has 0 aliphatic heterocycles. The highest BCUT2D eigenvalue weighted by atomic mass is 127. The molecule has 0 saturated heterocycles. The molecule has 0 saturated carbocycles. The Morgan fingerprint density at radius 1 is 1.62 bits per heavy atom. The minimum atomic E-state index is -2.83. The Labute approximate surface area is 103 Å². The van der Waals surface area contributed by atoms with Gasteiger partial charge in [-0.15, -0.1) is 0 Å². The third kappa shape index (κ3) is 3.00. The van der Waals surface area contributed by atoms with Gasteiger partial charge in [0, 0.05) is 11.8 Å². The summed E-state index contributed by atoms with van der Waals surface area (Å²) in [5.74, 6) is -0.545. The van der Waals surface area contributed by atoms with Gasteiger partial charge < -0.3 is 9.72 Å². The van der Waals surface area contributed by atoms with Crippen molar-refractivity contribution in [1.29, 1.82) is 0 Å². The summed E-state index contributed by atoms with van der Waals surface area (Å²) in [6.07, 6.45) is -2.98. The number of aromatic amines is 1. The number of pyridine rings is 1. The lowest BCUT2D eigenvalue weighted by Gasteiger charge is -2.05. The van der Waals surface area contributed by atoms with Crippen molar-refractivity contribution in [3.63, 3.8) is 0 Å². The molecule has 0 amide bonds. The molecule has 16 heavy (non-hydrogen) atoms. The van der Waals surface area contributed by atoms with E-state index < -0.39 is 23.4 Å². The summed E-state index contributed by atoms with van der Waals surface area (Å²) in [4.78, 5) is 24.8. The van der Waals surface area contributed by atoms with Crippen molar-refractivity contribution in [2.45, 2.75) is 12.8 Å². The van der Waals surface area contributed by atoms with Gasteiger partial charge in [0.1, 0.15) is 0 Å². The van der Waals surface area contributed by atoms with Gasteiger partial charge in [-0.2, -0.15) is 0 Å². The molecular formula is C9H8F2INO3. The highest BCUT2D eigenvalue weighted by Crippen LogP contribution is 2.19. The summed E-state index contributed by atoms with van der Waals surface area (Å²) in [7, 11) is 1.21. The fourth-order valence-corrected chi connectivity index (χ4v) is 1.96. The number of esters is 1. The van der Waals surface area contributed by atoms with Crippen LogP contribution in [0.1, 0.15) is 17.7 Å². The Bertz CT molecular complexity index is 459. The predicted octanol–water partition coefficient (Wildman–Crippen LogP) is 1.63. The number of nitrogens with one attached hydrogen (secondary N) is 1. The SMILES string of the molecule is COC(=O)Cc1cc(=O)c(C(F)F)c(I)[nH]1. The lowest BCUT2D eigenvalue weighted by molar-refractivity contribution is -0.139. The molecule has 7 heteroatoms. The number of hydrogen-bond acceptors (Lipinski definition) is 3. The standard InChI is InChI=1S/C9H8F2INO3/c1-16-6(15)3-4-2-5(14)7(8(10)11)9(12)13-4/h2,8H,3H2,1H3,(H,13,14). The van der Waals surface area contributed by atoms with Crippen molar-refractivity contribution in [2.75, 3.05) is 7.11 Å². The van der Waals surface area contributed by atoms with Crippen LogP contribution in [0.2, 0.25) is 0 Å². The fraction of sp³-hybridized carbons (Fsp3) is 0.333. The van der Waals surface area contributed by atoms with Gasteiger partial charge in [-0.1, -0.05) is 0 Å². The molecule has 1 aromatic heterocycles. The second kappa shape index (κ2) is 5.37. The number of carbonyl (C=O) groups is 1. The van der Waals surface area contributed by atoms with Gasteiger partial charge in [0.05, 0.1) is 22.8 Å². The van der Waals surface area contributed by atoms with Gasteiger partial charge in [0.2, 0.25) is 0 Å². The second-order valence-electron chi connectivity index (χ2n) is 2.94. The topological polar surface area (TPSA) is 59.2 Å². The largest absolute Gasteiger partial charge is 0.469 e. The first-order valence-corrected chi connectivity index (χ1v) is 5.30. The molecule has 0 radical (unpaired) electrons. The summed E-state index contributed by atoms with van der Waals surface area (Å²) >= 11 is 1.60. The predicted molar refractivity (Wildman–Crippen MR) is 60.5 cm³/mol. The van der Waals surface area contributed by atoms with Crippen molar-refractivity contribution in [1.82, 2.24) is 4.98 Å². The zero-order valence-corrected chi connectivity index (χ0v) is 10.4. The minimum absolute atomic E-state index is 0.0407. The van der Waals surface area contributed by atoms with E-state index in [1.165, 1.54) is 7.11 Å². The van der Waals surface area contributed by atoms with E-state index in [0.717, 1.165) is 6.07 Å². The lowest BCUT2D eigenvalue weighted by Crippen LogP contribution is -2.16. The molecule has 0 bridgehead atoms. The first-order chi connectivity index (χ1) is 7.45. The van der Waals surface area contributed by atoms with Crippen LogP contribution in [0.3, 0.4) is 0 Å². The number of halogens is 3. The first-order valence-electron chi connectivity index (χ1n) is 4.22. The molecule has 0 aromatic carbocycles. The fourth-order valence-electron chi connectivity index (χ4n) is 1.11. The third-order valence-electron chi connectivity index (χ3n) is 1.86. The van der Waals surface area contributed by atoms with Gasteiger partial charge in [-0.25, -0.2) is 8.78 Å². The summed E-state index contributed by atoms with van der Waals surface area (Å²) in [6.45, 7) is 0.